The van der Waals surface area contributed by atoms with Crippen molar-refractivity contribution in [3.8, 4) is 0 Å². The quantitative estimate of drug-likeness (QED) is 0.559. The molecular formula is C23H23N5O4. The van der Waals surface area contributed by atoms with Gasteiger partial charge in [0, 0.05) is 40.6 Å². The summed E-state index contributed by atoms with van der Waals surface area (Å²) in [6.45, 7) is 7.08. The third kappa shape index (κ3) is 4.18. The molecule has 3 heterocycles. The molecule has 1 aliphatic rings. The third-order valence-corrected chi connectivity index (χ3v) is 5.12. The SMILES string of the molecule is CC1=C(C(=O)Nc2cc(C)on2)C(c2ccccc2)C(C(=O)Nc2cc(C)on2)=C(C)N1. The Labute approximate surface area is 184 Å². The Balaban J connectivity index is 1.74. The molecule has 2 aromatic heterocycles. The number of carbonyl (C=O) groups is 2. The zero-order valence-corrected chi connectivity index (χ0v) is 18.1. The number of anilines is 2. The lowest BCUT2D eigenvalue weighted by Crippen LogP contribution is -2.35. The molecule has 1 aliphatic heterocycles. The fourth-order valence-corrected chi connectivity index (χ4v) is 3.79. The lowest BCUT2D eigenvalue weighted by molar-refractivity contribution is -0.113. The average Bonchev–Trinajstić information content (AvgIpc) is 3.35. The van der Waals surface area contributed by atoms with Crippen molar-refractivity contribution in [2.24, 2.45) is 0 Å². The van der Waals surface area contributed by atoms with Gasteiger partial charge in [-0.3, -0.25) is 9.59 Å². The Kier molecular flexibility index (Phi) is 5.63. The summed E-state index contributed by atoms with van der Waals surface area (Å²) in [5.41, 5.74) is 2.90. The van der Waals surface area contributed by atoms with Crippen molar-refractivity contribution in [2.75, 3.05) is 10.6 Å². The summed E-state index contributed by atoms with van der Waals surface area (Å²) in [6.07, 6.45) is 0. The Morgan fingerprint density at radius 1 is 0.812 bits per heavy atom. The van der Waals surface area contributed by atoms with Crippen LogP contribution in [0, 0.1) is 13.8 Å². The summed E-state index contributed by atoms with van der Waals surface area (Å²) < 4.78 is 10.1. The second-order valence-electron chi connectivity index (χ2n) is 7.60. The van der Waals surface area contributed by atoms with Crippen molar-refractivity contribution in [2.45, 2.75) is 33.6 Å². The molecule has 2 amide bonds. The van der Waals surface area contributed by atoms with Gasteiger partial charge in [0.15, 0.2) is 11.6 Å². The van der Waals surface area contributed by atoms with Gasteiger partial charge in [0.1, 0.15) is 11.5 Å². The first kappa shape index (κ1) is 21.1. The minimum Gasteiger partial charge on any atom is -0.362 e. The highest BCUT2D eigenvalue weighted by atomic mass is 16.5. The van der Waals surface area contributed by atoms with E-state index in [0.29, 0.717) is 45.7 Å². The van der Waals surface area contributed by atoms with Crippen LogP contribution in [-0.2, 0) is 9.59 Å². The molecule has 0 aliphatic carbocycles. The van der Waals surface area contributed by atoms with E-state index in [9.17, 15) is 9.59 Å². The summed E-state index contributed by atoms with van der Waals surface area (Å²) >= 11 is 0. The van der Waals surface area contributed by atoms with Gasteiger partial charge >= 0.3 is 0 Å². The molecule has 3 N–H and O–H groups in total. The predicted octanol–water partition coefficient (Wildman–Crippen LogP) is 3.79. The van der Waals surface area contributed by atoms with Gasteiger partial charge in [-0.15, -0.1) is 0 Å². The van der Waals surface area contributed by atoms with Gasteiger partial charge in [-0.2, -0.15) is 0 Å². The highest BCUT2D eigenvalue weighted by Gasteiger charge is 2.36. The number of dihydropyridines is 1. The molecule has 1 aromatic carbocycles. The van der Waals surface area contributed by atoms with Crippen LogP contribution in [0.3, 0.4) is 0 Å². The highest BCUT2D eigenvalue weighted by Crippen LogP contribution is 2.39. The molecule has 9 nitrogen and oxygen atoms in total. The van der Waals surface area contributed by atoms with Gasteiger partial charge < -0.3 is 25.0 Å². The standard InChI is InChI=1S/C23H23N5O4/c1-12-10-17(27-31-12)25-22(29)19-14(3)24-15(4)20(21(19)16-8-6-5-7-9-16)23(30)26-18-11-13(2)32-28-18/h5-11,21,24H,1-4H3,(H,25,27,29)(H,26,28,30). The maximum absolute atomic E-state index is 13.3. The summed E-state index contributed by atoms with van der Waals surface area (Å²) in [6, 6.07) is 12.7. The Morgan fingerprint density at radius 2 is 1.28 bits per heavy atom. The van der Waals surface area contributed by atoms with E-state index >= 15 is 0 Å². The predicted molar refractivity (Wildman–Crippen MR) is 117 cm³/mol. The van der Waals surface area contributed by atoms with Crippen LogP contribution in [-0.4, -0.2) is 22.1 Å². The zero-order chi connectivity index (χ0) is 22.8. The fourth-order valence-electron chi connectivity index (χ4n) is 3.79. The molecule has 32 heavy (non-hydrogen) atoms. The number of allylic oxidation sites excluding steroid dienone is 2. The second-order valence-corrected chi connectivity index (χ2v) is 7.60. The number of benzene rings is 1. The molecule has 164 valence electrons. The summed E-state index contributed by atoms with van der Waals surface area (Å²) in [4.78, 5) is 26.7. The van der Waals surface area contributed by atoms with Crippen molar-refractivity contribution in [1.82, 2.24) is 15.6 Å². The number of hydrogen-bond acceptors (Lipinski definition) is 7. The Morgan fingerprint density at radius 3 is 1.69 bits per heavy atom. The van der Waals surface area contributed by atoms with E-state index in [4.69, 9.17) is 9.05 Å². The number of amides is 2. The topological polar surface area (TPSA) is 122 Å². The van der Waals surface area contributed by atoms with Crippen molar-refractivity contribution < 1.29 is 18.6 Å². The number of nitrogens with one attached hydrogen (secondary N) is 3. The number of aromatic nitrogens is 2. The maximum Gasteiger partial charge on any atom is 0.255 e. The van der Waals surface area contributed by atoms with E-state index < -0.39 is 5.92 Å². The monoisotopic (exact) mass is 433 g/mol. The normalized spacial score (nSPS) is 14.4. The lowest BCUT2D eigenvalue weighted by Gasteiger charge is -2.31. The summed E-state index contributed by atoms with van der Waals surface area (Å²) in [7, 11) is 0. The summed E-state index contributed by atoms with van der Waals surface area (Å²) in [5.74, 6) is 0.375. The second kappa shape index (κ2) is 8.54. The minimum atomic E-state index is -0.613. The van der Waals surface area contributed by atoms with Gasteiger partial charge in [-0.25, -0.2) is 0 Å². The molecule has 0 fully saturated rings. The number of nitrogens with zero attached hydrogens (tertiary/aromatic N) is 2. The smallest absolute Gasteiger partial charge is 0.255 e. The van der Waals surface area contributed by atoms with E-state index in [1.54, 1.807) is 39.8 Å². The zero-order valence-electron chi connectivity index (χ0n) is 18.1. The van der Waals surface area contributed by atoms with Crippen LogP contribution in [0.5, 0.6) is 0 Å². The van der Waals surface area contributed by atoms with E-state index in [1.165, 1.54) is 0 Å². The molecule has 0 atom stereocenters. The van der Waals surface area contributed by atoms with Crippen LogP contribution in [0.15, 0.2) is 74.1 Å². The van der Waals surface area contributed by atoms with Gasteiger partial charge in [0.2, 0.25) is 0 Å². The van der Waals surface area contributed by atoms with Crippen molar-refractivity contribution in [1.29, 1.82) is 0 Å². The molecule has 9 heteroatoms. The number of carbonyl (C=O) groups excluding carboxylic acids is 2. The first-order chi connectivity index (χ1) is 15.3. The minimum absolute atomic E-state index is 0.301. The van der Waals surface area contributed by atoms with E-state index in [0.717, 1.165) is 5.56 Å². The van der Waals surface area contributed by atoms with Crippen LogP contribution < -0.4 is 16.0 Å². The molecule has 0 radical (unpaired) electrons. The van der Waals surface area contributed by atoms with Crippen LogP contribution in [0.4, 0.5) is 11.6 Å². The molecular weight excluding hydrogens is 410 g/mol. The van der Waals surface area contributed by atoms with Gasteiger partial charge in [-0.05, 0) is 33.3 Å². The van der Waals surface area contributed by atoms with Crippen molar-refractivity contribution in [3.05, 3.63) is 82.1 Å². The molecule has 3 aromatic rings. The van der Waals surface area contributed by atoms with E-state index in [-0.39, 0.29) is 11.8 Å². The number of rotatable bonds is 5. The van der Waals surface area contributed by atoms with Crippen LogP contribution in [0.1, 0.15) is 36.8 Å². The number of aryl methyl sites for hydroxylation is 2. The Hall–Kier alpha value is -4.14. The maximum atomic E-state index is 13.3. The molecule has 0 saturated heterocycles. The Bertz CT molecular complexity index is 1160. The molecule has 0 bridgehead atoms. The van der Waals surface area contributed by atoms with Gasteiger partial charge in [0.25, 0.3) is 11.8 Å². The van der Waals surface area contributed by atoms with Crippen LogP contribution in [0.25, 0.3) is 0 Å². The van der Waals surface area contributed by atoms with Crippen molar-refractivity contribution in [3.63, 3.8) is 0 Å². The molecule has 4 rings (SSSR count). The van der Waals surface area contributed by atoms with Gasteiger partial charge in [-0.1, -0.05) is 40.6 Å². The molecule has 0 saturated carbocycles. The molecule has 0 unspecified atom stereocenters. The van der Waals surface area contributed by atoms with Gasteiger partial charge in [0.05, 0.1) is 0 Å². The summed E-state index contributed by atoms with van der Waals surface area (Å²) in [5, 5.41) is 16.4. The highest BCUT2D eigenvalue weighted by molar-refractivity contribution is 6.11. The third-order valence-electron chi connectivity index (χ3n) is 5.12. The average molecular weight is 433 g/mol. The first-order valence-corrected chi connectivity index (χ1v) is 10.1. The molecule has 0 spiro atoms. The van der Waals surface area contributed by atoms with Crippen LogP contribution in [0.2, 0.25) is 0 Å². The number of hydrogen-bond donors (Lipinski definition) is 3. The lowest BCUT2D eigenvalue weighted by atomic mass is 9.79. The van der Waals surface area contributed by atoms with E-state index in [2.05, 4.69) is 26.3 Å². The van der Waals surface area contributed by atoms with Crippen molar-refractivity contribution >= 4 is 23.5 Å². The fraction of sp³-hybridized carbons (Fsp3) is 0.217. The van der Waals surface area contributed by atoms with Crippen LogP contribution >= 0.6 is 0 Å². The first-order valence-electron chi connectivity index (χ1n) is 10.1. The largest absolute Gasteiger partial charge is 0.362 e. The van der Waals surface area contributed by atoms with E-state index in [1.807, 2.05) is 30.3 Å².